The van der Waals surface area contributed by atoms with Crippen molar-refractivity contribution >= 4 is 23.6 Å². The fourth-order valence-electron chi connectivity index (χ4n) is 2.66. The summed E-state index contributed by atoms with van der Waals surface area (Å²) in [5.41, 5.74) is 1.97. The Hall–Kier alpha value is -2.67. The summed E-state index contributed by atoms with van der Waals surface area (Å²) in [7, 11) is 0. The number of amides is 1. The lowest BCUT2D eigenvalue weighted by molar-refractivity contribution is -0.117. The number of pyridine rings is 1. The Balaban J connectivity index is 1.44. The van der Waals surface area contributed by atoms with Crippen LogP contribution in [0, 0.1) is 0 Å². The van der Waals surface area contributed by atoms with Gasteiger partial charge in [0.15, 0.2) is 0 Å². The summed E-state index contributed by atoms with van der Waals surface area (Å²) < 4.78 is 1.66. The molecule has 0 radical (unpaired) electrons. The zero-order valence-corrected chi connectivity index (χ0v) is 13.6. The molecule has 0 fully saturated rings. The van der Waals surface area contributed by atoms with Crippen LogP contribution in [0.1, 0.15) is 17.2 Å². The van der Waals surface area contributed by atoms with Crippen LogP contribution in [-0.2, 0) is 11.3 Å². The van der Waals surface area contributed by atoms with Crippen LogP contribution in [0.2, 0.25) is 0 Å². The van der Waals surface area contributed by atoms with Crippen molar-refractivity contribution in [3.05, 3.63) is 66.2 Å². The van der Waals surface area contributed by atoms with Gasteiger partial charge in [0, 0.05) is 16.8 Å². The number of nitrogens with one attached hydrogen (secondary N) is 1. The maximum absolute atomic E-state index is 12.5. The van der Waals surface area contributed by atoms with Gasteiger partial charge in [0.25, 0.3) is 0 Å². The molecule has 2 aromatic heterocycles. The van der Waals surface area contributed by atoms with Gasteiger partial charge in [0.1, 0.15) is 6.33 Å². The third-order valence-electron chi connectivity index (χ3n) is 3.84. The first-order valence-corrected chi connectivity index (χ1v) is 8.60. The van der Waals surface area contributed by atoms with Gasteiger partial charge in [-0.3, -0.25) is 15.1 Å². The lowest BCUT2D eigenvalue weighted by atomic mass is 10.0. The van der Waals surface area contributed by atoms with Crippen molar-refractivity contribution < 1.29 is 4.79 Å². The molecular formula is C17H15N5OS. The Morgan fingerprint density at radius 3 is 2.96 bits per heavy atom. The Bertz CT molecular complexity index is 864. The molecule has 3 heterocycles. The van der Waals surface area contributed by atoms with E-state index in [1.54, 1.807) is 29.0 Å². The molecule has 0 spiro atoms. The summed E-state index contributed by atoms with van der Waals surface area (Å²) in [5.74, 6) is 0.849. The molecule has 1 N–H and O–H groups in total. The standard InChI is InChI=1S/C17H15N5OS/c23-16(14-10-24-15-7-2-1-6-13(14)15)20-17-19-11-22(21-17)9-12-5-3-4-8-18-12/h1-8,11,14H,9-10H2,(H,20,21,23)/t14-/m0/s1. The van der Waals surface area contributed by atoms with E-state index in [9.17, 15) is 4.79 Å². The minimum atomic E-state index is -0.158. The Morgan fingerprint density at radius 1 is 1.21 bits per heavy atom. The molecule has 6 nitrogen and oxygen atoms in total. The van der Waals surface area contributed by atoms with Gasteiger partial charge in [-0.2, -0.15) is 0 Å². The Morgan fingerprint density at radius 2 is 2.08 bits per heavy atom. The van der Waals surface area contributed by atoms with Crippen molar-refractivity contribution in [1.82, 2.24) is 19.7 Å². The quantitative estimate of drug-likeness (QED) is 0.792. The van der Waals surface area contributed by atoms with Crippen LogP contribution in [-0.4, -0.2) is 31.4 Å². The van der Waals surface area contributed by atoms with Gasteiger partial charge in [-0.05, 0) is 23.8 Å². The van der Waals surface area contributed by atoms with Crippen LogP contribution >= 0.6 is 11.8 Å². The van der Waals surface area contributed by atoms with Crippen LogP contribution in [0.15, 0.2) is 59.9 Å². The van der Waals surface area contributed by atoms with E-state index in [0.717, 1.165) is 17.0 Å². The summed E-state index contributed by atoms with van der Waals surface area (Å²) in [5, 5.41) is 7.11. The number of fused-ring (bicyclic) bond motifs is 1. The first-order chi connectivity index (χ1) is 11.8. The molecule has 1 aromatic carbocycles. The third kappa shape index (κ3) is 3.03. The first-order valence-electron chi connectivity index (χ1n) is 7.61. The summed E-state index contributed by atoms with van der Waals surface area (Å²) in [6.45, 7) is 0.520. The van der Waals surface area contributed by atoms with Gasteiger partial charge < -0.3 is 0 Å². The smallest absolute Gasteiger partial charge is 0.248 e. The predicted octanol–water partition coefficient (Wildman–Crippen LogP) is 2.55. The van der Waals surface area contributed by atoms with Crippen LogP contribution in [0.3, 0.4) is 0 Å². The zero-order chi connectivity index (χ0) is 16.4. The zero-order valence-electron chi connectivity index (χ0n) is 12.8. The molecule has 0 saturated carbocycles. The molecule has 0 saturated heterocycles. The van der Waals surface area contributed by atoms with Crippen LogP contribution in [0.4, 0.5) is 5.95 Å². The molecule has 0 bridgehead atoms. The number of aromatic nitrogens is 4. The van der Waals surface area contributed by atoms with Crippen molar-refractivity contribution in [1.29, 1.82) is 0 Å². The molecule has 120 valence electrons. The predicted molar refractivity (Wildman–Crippen MR) is 91.9 cm³/mol. The second kappa shape index (κ2) is 6.45. The number of rotatable bonds is 4. The molecular weight excluding hydrogens is 322 g/mol. The third-order valence-corrected chi connectivity index (χ3v) is 5.02. The number of hydrogen-bond acceptors (Lipinski definition) is 5. The van der Waals surface area contributed by atoms with Gasteiger partial charge in [-0.1, -0.05) is 24.3 Å². The van der Waals surface area contributed by atoms with Crippen molar-refractivity contribution in [3.8, 4) is 0 Å². The summed E-state index contributed by atoms with van der Waals surface area (Å²) in [4.78, 5) is 22.1. The number of benzene rings is 1. The number of nitrogens with zero attached hydrogens (tertiary/aromatic N) is 4. The minimum absolute atomic E-state index is 0.0666. The molecule has 4 rings (SSSR count). The van der Waals surface area contributed by atoms with E-state index in [2.05, 4.69) is 20.4 Å². The second-order valence-electron chi connectivity index (χ2n) is 5.48. The molecule has 0 unspecified atom stereocenters. The molecule has 1 atom stereocenters. The number of hydrogen-bond donors (Lipinski definition) is 1. The fraction of sp³-hybridized carbons (Fsp3) is 0.176. The van der Waals surface area contributed by atoms with Gasteiger partial charge in [-0.25, -0.2) is 9.67 Å². The first kappa shape index (κ1) is 14.9. The highest BCUT2D eigenvalue weighted by Crippen LogP contribution is 2.39. The van der Waals surface area contributed by atoms with Crippen molar-refractivity contribution in [3.63, 3.8) is 0 Å². The van der Waals surface area contributed by atoms with Crippen molar-refractivity contribution in [2.75, 3.05) is 11.1 Å². The number of anilines is 1. The van der Waals surface area contributed by atoms with E-state index in [1.807, 2.05) is 42.5 Å². The number of carbonyl (C=O) groups is 1. The van der Waals surface area contributed by atoms with Gasteiger partial charge in [-0.15, -0.1) is 16.9 Å². The van der Waals surface area contributed by atoms with E-state index >= 15 is 0 Å². The molecule has 1 aliphatic rings. The van der Waals surface area contributed by atoms with Crippen LogP contribution in [0.5, 0.6) is 0 Å². The van der Waals surface area contributed by atoms with Gasteiger partial charge in [0.2, 0.25) is 11.9 Å². The van der Waals surface area contributed by atoms with E-state index in [0.29, 0.717) is 12.5 Å². The average Bonchev–Trinajstić information content (AvgIpc) is 3.22. The van der Waals surface area contributed by atoms with Crippen molar-refractivity contribution in [2.24, 2.45) is 0 Å². The Labute approximate surface area is 143 Å². The Kier molecular flexibility index (Phi) is 4.00. The molecule has 7 heteroatoms. The molecule has 1 aliphatic heterocycles. The minimum Gasteiger partial charge on any atom is -0.293 e. The normalized spacial score (nSPS) is 15.9. The molecule has 1 amide bonds. The largest absolute Gasteiger partial charge is 0.293 e. The maximum atomic E-state index is 12.5. The van der Waals surface area contributed by atoms with Crippen LogP contribution < -0.4 is 5.32 Å². The highest BCUT2D eigenvalue weighted by Gasteiger charge is 2.29. The lowest BCUT2D eigenvalue weighted by Gasteiger charge is -2.09. The monoisotopic (exact) mass is 337 g/mol. The number of thioether (sulfide) groups is 1. The highest BCUT2D eigenvalue weighted by molar-refractivity contribution is 7.99. The molecule has 0 aliphatic carbocycles. The van der Waals surface area contributed by atoms with E-state index in [1.165, 1.54) is 4.90 Å². The van der Waals surface area contributed by atoms with Crippen molar-refractivity contribution in [2.45, 2.75) is 17.4 Å². The van der Waals surface area contributed by atoms with E-state index in [4.69, 9.17) is 0 Å². The van der Waals surface area contributed by atoms with E-state index < -0.39 is 0 Å². The average molecular weight is 337 g/mol. The van der Waals surface area contributed by atoms with Gasteiger partial charge in [0.05, 0.1) is 18.2 Å². The summed E-state index contributed by atoms with van der Waals surface area (Å²) in [6, 6.07) is 13.7. The topological polar surface area (TPSA) is 72.7 Å². The number of carbonyl (C=O) groups excluding carboxylic acids is 1. The highest BCUT2D eigenvalue weighted by atomic mass is 32.2. The SMILES string of the molecule is O=C(Nc1ncn(Cc2ccccn2)n1)[C@H]1CSc2ccccc21. The fourth-order valence-corrected chi connectivity index (χ4v) is 3.89. The molecule has 24 heavy (non-hydrogen) atoms. The lowest BCUT2D eigenvalue weighted by Crippen LogP contribution is -2.21. The molecule has 3 aromatic rings. The van der Waals surface area contributed by atoms with E-state index in [-0.39, 0.29) is 11.8 Å². The maximum Gasteiger partial charge on any atom is 0.248 e. The van der Waals surface area contributed by atoms with Gasteiger partial charge >= 0.3 is 0 Å². The van der Waals surface area contributed by atoms with Crippen LogP contribution in [0.25, 0.3) is 0 Å². The summed E-state index contributed by atoms with van der Waals surface area (Å²) >= 11 is 1.71. The summed E-state index contributed by atoms with van der Waals surface area (Å²) in [6.07, 6.45) is 3.34. The second-order valence-corrected chi connectivity index (χ2v) is 6.54.